The first-order valence-electron chi connectivity index (χ1n) is 8.18. The monoisotopic (exact) mass is 439 g/mol. The molecule has 4 rings (SSSR count). The molecule has 2 aromatic heterocycles. The van der Waals surface area contributed by atoms with E-state index in [0.29, 0.717) is 20.7 Å². The van der Waals surface area contributed by atoms with Crippen molar-refractivity contribution >= 4 is 43.3 Å². The van der Waals surface area contributed by atoms with Gasteiger partial charge in [0, 0.05) is 17.0 Å². The maximum atomic E-state index is 13.2. The molecule has 134 valence electrons. The molecule has 0 radical (unpaired) electrons. The number of para-hydroxylation sites is 1. The van der Waals surface area contributed by atoms with E-state index in [0.717, 1.165) is 15.9 Å². The third kappa shape index (κ3) is 3.11. The van der Waals surface area contributed by atoms with E-state index in [4.69, 9.17) is 4.74 Å². The van der Waals surface area contributed by atoms with Gasteiger partial charge in [0.25, 0.3) is 5.56 Å². The fourth-order valence-corrected chi connectivity index (χ4v) is 4.89. The molecule has 4 nitrogen and oxygen atoms in total. The molecule has 0 saturated heterocycles. The average molecular weight is 440 g/mol. The number of benzene rings is 2. The van der Waals surface area contributed by atoms with Crippen LogP contribution in [0.5, 0.6) is 5.75 Å². The molecular formula is C21H14BrNO3S. The number of hydrogen-bond donors (Lipinski definition) is 0. The van der Waals surface area contributed by atoms with Crippen molar-refractivity contribution in [3.8, 4) is 11.4 Å². The number of pyridine rings is 1. The van der Waals surface area contributed by atoms with Gasteiger partial charge in [0.2, 0.25) is 0 Å². The minimum atomic E-state index is -0.136. The molecule has 0 aliphatic carbocycles. The number of carbonyl (C=O) groups excluding carboxylic acids is 1. The summed E-state index contributed by atoms with van der Waals surface area (Å²) < 4.78 is 7.55. The number of ketones is 1. The topological polar surface area (TPSA) is 48.3 Å². The molecule has 0 N–H and O–H groups in total. The van der Waals surface area contributed by atoms with E-state index in [1.165, 1.54) is 17.4 Å². The van der Waals surface area contributed by atoms with Gasteiger partial charge in [-0.15, -0.1) is 11.3 Å². The van der Waals surface area contributed by atoms with Gasteiger partial charge in [0.15, 0.2) is 5.78 Å². The summed E-state index contributed by atoms with van der Waals surface area (Å²) in [6.45, 7) is 0. The van der Waals surface area contributed by atoms with Gasteiger partial charge in [-0.3, -0.25) is 14.2 Å². The summed E-state index contributed by atoms with van der Waals surface area (Å²) in [6.07, 6.45) is 0. The molecule has 4 aromatic rings. The molecule has 0 saturated carbocycles. The Morgan fingerprint density at radius 2 is 1.81 bits per heavy atom. The Labute approximate surface area is 167 Å². The summed E-state index contributed by atoms with van der Waals surface area (Å²) in [5.41, 5.74) is 1.71. The third-order valence-corrected chi connectivity index (χ3v) is 6.13. The van der Waals surface area contributed by atoms with Crippen LogP contribution in [0.3, 0.4) is 0 Å². The Balaban J connectivity index is 1.94. The largest absolute Gasteiger partial charge is 0.497 e. The first-order valence-corrected chi connectivity index (χ1v) is 9.79. The van der Waals surface area contributed by atoms with Crippen LogP contribution in [0.2, 0.25) is 0 Å². The lowest BCUT2D eigenvalue weighted by Gasteiger charge is -2.07. The van der Waals surface area contributed by atoms with E-state index in [-0.39, 0.29) is 11.3 Å². The van der Waals surface area contributed by atoms with Crippen molar-refractivity contribution in [3.63, 3.8) is 0 Å². The molecule has 27 heavy (non-hydrogen) atoms. The van der Waals surface area contributed by atoms with Crippen LogP contribution in [0.25, 0.3) is 15.9 Å². The van der Waals surface area contributed by atoms with Crippen molar-refractivity contribution in [2.24, 2.45) is 0 Å². The Bertz CT molecular complexity index is 1210. The lowest BCUT2D eigenvalue weighted by atomic mass is 10.0. The van der Waals surface area contributed by atoms with Crippen LogP contribution in [0.1, 0.15) is 15.9 Å². The molecule has 0 atom stereocenters. The maximum Gasteiger partial charge on any atom is 0.256 e. The molecule has 2 heterocycles. The van der Waals surface area contributed by atoms with Crippen molar-refractivity contribution in [2.75, 3.05) is 7.11 Å². The second-order valence-corrected chi connectivity index (χ2v) is 8.19. The maximum absolute atomic E-state index is 13.2. The summed E-state index contributed by atoms with van der Waals surface area (Å²) in [5, 5.41) is 0.739. The van der Waals surface area contributed by atoms with Crippen molar-refractivity contribution in [1.82, 2.24) is 4.57 Å². The number of fused-ring (bicyclic) bond motifs is 1. The Hall–Kier alpha value is -2.70. The molecule has 0 bridgehead atoms. The van der Waals surface area contributed by atoms with E-state index in [1.54, 1.807) is 42.0 Å². The van der Waals surface area contributed by atoms with Gasteiger partial charge in [0.1, 0.15) is 10.6 Å². The first-order chi connectivity index (χ1) is 13.1. The van der Waals surface area contributed by atoms with Crippen molar-refractivity contribution in [3.05, 3.63) is 92.0 Å². The highest BCUT2D eigenvalue weighted by atomic mass is 79.9. The Morgan fingerprint density at radius 1 is 1.04 bits per heavy atom. The first kappa shape index (κ1) is 17.7. The number of thiophene rings is 1. The second-order valence-electron chi connectivity index (χ2n) is 5.87. The van der Waals surface area contributed by atoms with E-state index >= 15 is 0 Å². The lowest BCUT2D eigenvalue weighted by molar-refractivity contribution is 0.103. The average Bonchev–Trinajstić information content (AvgIpc) is 3.03. The SMILES string of the molecule is COc1cccc(C(=O)c2c(Br)sc3c2ccc(=O)n3-c2ccccc2)c1. The van der Waals surface area contributed by atoms with Crippen LogP contribution in [0, 0.1) is 0 Å². The molecule has 0 fully saturated rings. The normalized spacial score (nSPS) is 10.9. The molecular weight excluding hydrogens is 426 g/mol. The number of ether oxygens (including phenoxy) is 1. The second kappa shape index (κ2) is 7.13. The molecule has 0 spiro atoms. The van der Waals surface area contributed by atoms with Crippen LogP contribution >= 0.6 is 27.3 Å². The summed E-state index contributed by atoms with van der Waals surface area (Å²) in [7, 11) is 1.57. The minimum absolute atomic E-state index is 0.120. The van der Waals surface area contributed by atoms with Crippen molar-refractivity contribution in [2.45, 2.75) is 0 Å². The number of carbonyl (C=O) groups is 1. The number of nitrogens with zero attached hydrogens (tertiary/aromatic N) is 1. The highest BCUT2D eigenvalue weighted by Gasteiger charge is 2.22. The molecule has 0 amide bonds. The predicted molar refractivity (Wildman–Crippen MR) is 112 cm³/mol. The van der Waals surface area contributed by atoms with Gasteiger partial charge in [-0.2, -0.15) is 0 Å². The number of halogens is 1. The van der Waals surface area contributed by atoms with Crippen molar-refractivity contribution < 1.29 is 9.53 Å². The van der Waals surface area contributed by atoms with E-state index in [1.807, 2.05) is 30.3 Å². The molecule has 0 unspecified atom stereocenters. The van der Waals surface area contributed by atoms with Crippen molar-refractivity contribution in [1.29, 1.82) is 0 Å². The fourth-order valence-electron chi connectivity index (χ4n) is 3.00. The van der Waals surface area contributed by atoms with Gasteiger partial charge in [-0.05, 0) is 46.3 Å². The van der Waals surface area contributed by atoms with E-state index < -0.39 is 0 Å². The Morgan fingerprint density at radius 3 is 2.56 bits per heavy atom. The van der Waals surface area contributed by atoms with Gasteiger partial charge in [0.05, 0.1) is 22.1 Å². The molecule has 0 aliphatic rings. The fraction of sp³-hybridized carbons (Fsp3) is 0.0476. The van der Waals surface area contributed by atoms with Crippen LogP contribution in [0.15, 0.2) is 75.3 Å². The van der Waals surface area contributed by atoms with Crippen LogP contribution in [0.4, 0.5) is 0 Å². The predicted octanol–water partition coefficient (Wildman–Crippen LogP) is 5.05. The third-order valence-electron chi connectivity index (χ3n) is 4.27. The quantitative estimate of drug-likeness (QED) is 0.417. The molecule has 6 heteroatoms. The lowest BCUT2D eigenvalue weighted by Crippen LogP contribution is -2.16. The molecule has 2 aromatic carbocycles. The van der Waals surface area contributed by atoms with E-state index in [2.05, 4.69) is 15.9 Å². The van der Waals surface area contributed by atoms with Gasteiger partial charge >= 0.3 is 0 Å². The molecule has 0 aliphatic heterocycles. The zero-order valence-corrected chi connectivity index (χ0v) is 16.7. The smallest absolute Gasteiger partial charge is 0.256 e. The highest BCUT2D eigenvalue weighted by Crippen LogP contribution is 2.37. The summed E-state index contributed by atoms with van der Waals surface area (Å²) in [5.74, 6) is 0.503. The van der Waals surface area contributed by atoms with Crippen LogP contribution in [-0.4, -0.2) is 17.5 Å². The summed E-state index contributed by atoms with van der Waals surface area (Å²) >= 11 is 4.90. The minimum Gasteiger partial charge on any atom is -0.497 e. The Kier molecular flexibility index (Phi) is 4.68. The van der Waals surface area contributed by atoms with Gasteiger partial charge < -0.3 is 4.74 Å². The zero-order chi connectivity index (χ0) is 19.0. The number of methoxy groups -OCH3 is 1. The summed E-state index contributed by atoms with van der Waals surface area (Å²) in [6, 6.07) is 19.7. The number of rotatable bonds is 4. The van der Waals surface area contributed by atoms with E-state index in [9.17, 15) is 9.59 Å². The zero-order valence-electron chi connectivity index (χ0n) is 14.3. The number of aromatic nitrogens is 1. The summed E-state index contributed by atoms with van der Waals surface area (Å²) in [4.78, 5) is 26.4. The van der Waals surface area contributed by atoms with Crippen LogP contribution < -0.4 is 10.3 Å². The highest BCUT2D eigenvalue weighted by molar-refractivity contribution is 9.11. The van der Waals surface area contributed by atoms with Gasteiger partial charge in [-0.25, -0.2) is 0 Å². The number of hydrogen-bond acceptors (Lipinski definition) is 4. The van der Waals surface area contributed by atoms with Gasteiger partial charge in [-0.1, -0.05) is 30.3 Å². The standard InChI is InChI=1S/C21H14BrNO3S/c1-26-15-9-5-6-13(12-15)19(25)18-16-10-11-17(24)23(21(16)27-20(18)22)14-7-3-2-4-8-14/h2-12H,1H3. The van der Waals surface area contributed by atoms with Crippen LogP contribution in [-0.2, 0) is 0 Å².